The molecular weight excluding hydrogens is 476 g/mol. The van der Waals surface area contributed by atoms with Crippen LogP contribution in [-0.2, 0) is 11.3 Å². The maximum Gasteiger partial charge on any atom is 0.274 e. The van der Waals surface area contributed by atoms with E-state index in [4.69, 9.17) is 15.2 Å². The van der Waals surface area contributed by atoms with Crippen molar-refractivity contribution in [2.75, 3.05) is 6.61 Å². The molecule has 0 radical (unpaired) electrons. The average Bonchev–Trinajstić information content (AvgIpc) is 3.50. The number of hydrogen-bond acceptors (Lipinski definition) is 5. The molecule has 0 bridgehead atoms. The summed E-state index contributed by atoms with van der Waals surface area (Å²) >= 11 is 0. The lowest BCUT2D eigenvalue weighted by Crippen LogP contribution is -2.29. The summed E-state index contributed by atoms with van der Waals surface area (Å²) in [6.07, 6.45) is 16.6. The van der Waals surface area contributed by atoms with Gasteiger partial charge in [-0.25, -0.2) is 10.5 Å². The number of benzene rings is 2. The van der Waals surface area contributed by atoms with Crippen LogP contribution in [0.25, 0.3) is 0 Å². The number of oxime groups is 1. The third-order valence-corrected chi connectivity index (χ3v) is 7.02. The summed E-state index contributed by atoms with van der Waals surface area (Å²) in [4.78, 5) is 21.0. The fourth-order valence-electron chi connectivity index (χ4n) is 4.88. The summed E-state index contributed by atoms with van der Waals surface area (Å²) in [5.74, 6) is 0.0455. The SMILES string of the molecule is CCCCCO/N=C(\C1CCCCC1)C(Cc1ccccc1)n1ccnc1.Cc1ccccc1C(=O)NO. The van der Waals surface area contributed by atoms with Gasteiger partial charge < -0.3 is 9.40 Å². The van der Waals surface area contributed by atoms with Crippen molar-refractivity contribution in [3.8, 4) is 0 Å². The van der Waals surface area contributed by atoms with Crippen LogP contribution in [0.3, 0.4) is 0 Å². The molecule has 1 aliphatic rings. The van der Waals surface area contributed by atoms with Crippen LogP contribution in [0.1, 0.15) is 85.8 Å². The number of amides is 1. The molecule has 3 aromatic rings. The standard InChI is InChI=1S/C23H33N3O.C8H9NO2/c1-2-3-10-17-27-25-23(21-13-8-5-9-14-21)22(26-16-15-24-19-26)18-20-11-6-4-7-12-20;1-6-4-2-3-5-7(6)8(10)9-11/h4,6-7,11-12,15-16,19,21-22H,2-3,5,8-10,13-14,17-18H2,1H3;2-5,11H,1H3,(H,9,10)/b25-23+;. The number of carbonyl (C=O) groups excluding carboxylic acids is 1. The van der Waals surface area contributed by atoms with Gasteiger partial charge in [-0.15, -0.1) is 0 Å². The molecule has 204 valence electrons. The van der Waals surface area contributed by atoms with Gasteiger partial charge in [0.1, 0.15) is 6.61 Å². The van der Waals surface area contributed by atoms with Crippen LogP contribution in [0.15, 0.2) is 78.5 Å². The van der Waals surface area contributed by atoms with E-state index in [2.05, 4.69) is 53.0 Å². The van der Waals surface area contributed by atoms with E-state index in [1.54, 1.807) is 17.6 Å². The van der Waals surface area contributed by atoms with Crippen LogP contribution in [0.2, 0.25) is 0 Å². The summed E-state index contributed by atoms with van der Waals surface area (Å²) in [6.45, 7) is 4.74. The lowest BCUT2D eigenvalue weighted by Gasteiger charge is -2.29. The highest BCUT2D eigenvalue weighted by Crippen LogP contribution is 2.31. The van der Waals surface area contributed by atoms with Crippen molar-refractivity contribution < 1.29 is 14.8 Å². The van der Waals surface area contributed by atoms with Crippen molar-refractivity contribution >= 4 is 11.6 Å². The predicted molar refractivity (Wildman–Crippen MR) is 151 cm³/mol. The highest BCUT2D eigenvalue weighted by molar-refractivity contribution is 5.94. The fraction of sp³-hybridized carbons (Fsp3) is 0.452. The number of rotatable bonds is 11. The van der Waals surface area contributed by atoms with Crippen molar-refractivity contribution in [2.45, 2.75) is 77.7 Å². The normalized spacial score (nSPS) is 14.8. The largest absolute Gasteiger partial charge is 0.396 e. The zero-order chi connectivity index (χ0) is 27.0. The number of carbonyl (C=O) groups is 1. The van der Waals surface area contributed by atoms with Gasteiger partial charge in [-0.05, 0) is 49.8 Å². The van der Waals surface area contributed by atoms with Crippen molar-refractivity contribution in [3.05, 3.63) is 90.0 Å². The summed E-state index contributed by atoms with van der Waals surface area (Å²) in [6, 6.07) is 17.9. The first-order valence-electron chi connectivity index (χ1n) is 13.8. The first kappa shape index (κ1) is 29.1. The molecule has 1 saturated carbocycles. The number of nitrogens with zero attached hydrogens (tertiary/aromatic N) is 3. The van der Waals surface area contributed by atoms with E-state index in [-0.39, 0.29) is 6.04 Å². The Bertz CT molecular complexity index is 1090. The molecule has 0 spiro atoms. The predicted octanol–water partition coefficient (Wildman–Crippen LogP) is 6.92. The topological polar surface area (TPSA) is 88.7 Å². The van der Waals surface area contributed by atoms with Crippen LogP contribution < -0.4 is 5.48 Å². The van der Waals surface area contributed by atoms with E-state index in [0.717, 1.165) is 18.4 Å². The third kappa shape index (κ3) is 9.14. The Morgan fingerprint density at radius 2 is 1.84 bits per heavy atom. The molecule has 1 amide bonds. The molecule has 2 N–H and O–H groups in total. The molecule has 38 heavy (non-hydrogen) atoms. The third-order valence-electron chi connectivity index (χ3n) is 7.02. The summed E-state index contributed by atoms with van der Waals surface area (Å²) in [5, 5.41) is 13.1. The van der Waals surface area contributed by atoms with Crippen LogP contribution in [0.5, 0.6) is 0 Å². The Morgan fingerprint density at radius 1 is 1.11 bits per heavy atom. The van der Waals surface area contributed by atoms with Crippen LogP contribution >= 0.6 is 0 Å². The first-order chi connectivity index (χ1) is 18.6. The number of aromatic nitrogens is 2. The van der Waals surface area contributed by atoms with E-state index in [1.165, 1.54) is 56.2 Å². The molecular formula is C31H42N4O3. The van der Waals surface area contributed by atoms with Crippen molar-refractivity contribution in [3.63, 3.8) is 0 Å². The lowest BCUT2D eigenvalue weighted by molar-refractivity contribution is 0.0705. The second kappa shape index (κ2) is 16.4. The summed E-state index contributed by atoms with van der Waals surface area (Å²) in [5.41, 5.74) is 5.45. The van der Waals surface area contributed by atoms with Gasteiger partial charge in [0.05, 0.1) is 18.1 Å². The Labute approximate surface area is 226 Å². The number of hydroxylamine groups is 1. The van der Waals surface area contributed by atoms with Crippen LogP contribution in [0.4, 0.5) is 0 Å². The average molecular weight is 519 g/mol. The van der Waals surface area contributed by atoms with Gasteiger partial charge in [0.2, 0.25) is 0 Å². The number of nitrogens with one attached hydrogen (secondary N) is 1. The molecule has 7 heteroatoms. The van der Waals surface area contributed by atoms with Gasteiger partial charge in [-0.3, -0.25) is 10.0 Å². The first-order valence-corrected chi connectivity index (χ1v) is 13.8. The van der Waals surface area contributed by atoms with Gasteiger partial charge >= 0.3 is 0 Å². The lowest BCUT2D eigenvalue weighted by atomic mass is 9.82. The molecule has 2 aromatic carbocycles. The quantitative estimate of drug-likeness (QED) is 0.125. The van der Waals surface area contributed by atoms with Gasteiger partial charge in [-0.2, -0.15) is 0 Å². The van der Waals surface area contributed by atoms with E-state index >= 15 is 0 Å². The van der Waals surface area contributed by atoms with Crippen LogP contribution in [0, 0.1) is 12.8 Å². The Balaban J connectivity index is 0.000000304. The van der Waals surface area contributed by atoms with E-state index < -0.39 is 5.91 Å². The highest BCUT2D eigenvalue weighted by Gasteiger charge is 2.28. The Kier molecular flexibility index (Phi) is 12.6. The van der Waals surface area contributed by atoms with Crippen molar-refractivity contribution in [1.29, 1.82) is 0 Å². The molecule has 4 rings (SSSR count). The zero-order valence-corrected chi connectivity index (χ0v) is 22.8. The van der Waals surface area contributed by atoms with Gasteiger partial charge in [-0.1, -0.05) is 92.7 Å². The molecule has 0 saturated heterocycles. The molecule has 1 fully saturated rings. The van der Waals surface area contributed by atoms with Crippen molar-refractivity contribution in [1.82, 2.24) is 15.0 Å². The van der Waals surface area contributed by atoms with E-state index in [0.29, 0.717) is 18.1 Å². The highest BCUT2D eigenvalue weighted by atomic mass is 16.6. The number of imidazole rings is 1. The summed E-state index contributed by atoms with van der Waals surface area (Å²) in [7, 11) is 0. The second-order valence-electron chi connectivity index (χ2n) is 9.86. The zero-order valence-electron chi connectivity index (χ0n) is 22.8. The smallest absolute Gasteiger partial charge is 0.274 e. The minimum atomic E-state index is -0.469. The minimum absolute atomic E-state index is 0.171. The molecule has 1 heterocycles. The van der Waals surface area contributed by atoms with Gasteiger partial charge in [0, 0.05) is 23.9 Å². The molecule has 1 aromatic heterocycles. The summed E-state index contributed by atoms with van der Waals surface area (Å²) < 4.78 is 2.20. The maximum absolute atomic E-state index is 10.9. The number of aryl methyl sites for hydroxylation is 1. The number of unbranched alkanes of at least 4 members (excludes halogenated alkanes) is 2. The minimum Gasteiger partial charge on any atom is -0.396 e. The maximum atomic E-state index is 10.9. The van der Waals surface area contributed by atoms with Crippen LogP contribution in [-0.4, -0.2) is 33.0 Å². The molecule has 1 atom stereocenters. The molecule has 0 aliphatic heterocycles. The van der Waals surface area contributed by atoms with Gasteiger partial charge in [0.15, 0.2) is 0 Å². The fourth-order valence-corrected chi connectivity index (χ4v) is 4.88. The van der Waals surface area contributed by atoms with Crippen molar-refractivity contribution in [2.24, 2.45) is 11.1 Å². The number of hydrogen-bond donors (Lipinski definition) is 2. The van der Waals surface area contributed by atoms with E-state index in [1.807, 2.05) is 31.6 Å². The Morgan fingerprint density at radius 3 is 2.50 bits per heavy atom. The van der Waals surface area contributed by atoms with Gasteiger partial charge in [0.25, 0.3) is 5.91 Å². The van der Waals surface area contributed by atoms with E-state index in [9.17, 15) is 4.79 Å². The monoisotopic (exact) mass is 518 g/mol. The Hall–Kier alpha value is -3.45. The molecule has 1 aliphatic carbocycles. The molecule has 1 unspecified atom stereocenters. The molecule has 7 nitrogen and oxygen atoms in total. The second-order valence-corrected chi connectivity index (χ2v) is 9.86.